The van der Waals surface area contributed by atoms with Crippen molar-refractivity contribution in [3.8, 4) is 0 Å². The lowest BCUT2D eigenvalue weighted by molar-refractivity contribution is 0.0683. The second-order valence-electron chi connectivity index (χ2n) is 2.40. The smallest absolute Gasteiger partial charge is 0.339 e. The average Bonchev–Trinajstić information content (AvgIpc) is 2.07. The van der Waals surface area contributed by atoms with Crippen LogP contribution in [0.4, 0.5) is 14.5 Å². The Balaban J connectivity index is 3.50. The van der Waals surface area contributed by atoms with Crippen molar-refractivity contribution < 1.29 is 18.7 Å². The number of nitrogens with two attached hydrogens (primary N) is 1. The fourth-order valence-corrected chi connectivity index (χ4v) is 1.44. The quantitative estimate of drug-likeness (QED) is 0.804. The standard InChI is InChI=1S/C7H5BrF2N2O2/c8-5-4(7(13)14)3(6(9)10)2(11)1-12-5/h1,6H,11H2,(H,13,14). The monoisotopic (exact) mass is 266 g/mol. The average molecular weight is 267 g/mol. The van der Waals surface area contributed by atoms with Crippen LogP contribution in [0.1, 0.15) is 22.3 Å². The van der Waals surface area contributed by atoms with Gasteiger partial charge in [0.15, 0.2) is 0 Å². The molecule has 1 rings (SSSR count). The predicted octanol–water partition coefficient (Wildman–Crippen LogP) is 2.06. The van der Waals surface area contributed by atoms with E-state index in [1.807, 2.05) is 0 Å². The highest BCUT2D eigenvalue weighted by Gasteiger charge is 2.24. The zero-order valence-electron chi connectivity index (χ0n) is 6.67. The summed E-state index contributed by atoms with van der Waals surface area (Å²) in [6.07, 6.45) is -1.96. The molecule has 14 heavy (non-hydrogen) atoms. The summed E-state index contributed by atoms with van der Waals surface area (Å²) in [6, 6.07) is 0. The third-order valence-electron chi connectivity index (χ3n) is 1.54. The van der Waals surface area contributed by atoms with Gasteiger partial charge >= 0.3 is 5.97 Å². The molecule has 0 fully saturated rings. The molecule has 4 nitrogen and oxygen atoms in total. The van der Waals surface area contributed by atoms with E-state index >= 15 is 0 Å². The summed E-state index contributed by atoms with van der Waals surface area (Å²) in [5.41, 5.74) is 3.56. The number of nitrogens with zero attached hydrogens (tertiary/aromatic N) is 1. The number of hydrogen-bond acceptors (Lipinski definition) is 3. The van der Waals surface area contributed by atoms with Gasteiger partial charge in [0.25, 0.3) is 6.43 Å². The highest BCUT2D eigenvalue weighted by Crippen LogP contribution is 2.31. The van der Waals surface area contributed by atoms with Crippen LogP contribution in [0.15, 0.2) is 10.8 Å². The van der Waals surface area contributed by atoms with Gasteiger partial charge in [-0.1, -0.05) is 0 Å². The maximum absolute atomic E-state index is 12.4. The fraction of sp³-hybridized carbons (Fsp3) is 0.143. The zero-order valence-corrected chi connectivity index (χ0v) is 8.25. The number of anilines is 1. The molecule has 0 aliphatic heterocycles. The van der Waals surface area contributed by atoms with E-state index in [-0.39, 0.29) is 10.3 Å². The lowest BCUT2D eigenvalue weighted by Gasteiger charge is -2.08. The van der Waals surface area contributed by atoms with Crippen LogP contribution in [-0.4, -0.2) is 16.1 Å². The Morgan fingerprint density at radius 1 is 1.64 bits per heavy atom. The Hall–Kier alpha value is -1.24. The van der Waals surface area contributed by atoms with Crippen LogP contribution in [0.5, 0.6) is 0 Å². The number of hydrogen-bond donors (Lipinski definition) is 2. The van der Waals surface area contributed by atoms with Crippen LogP contribution in [0.25, 0.3) is 0 Å². The zero-order chi connectivity index (χ0) is 10.9. The highest BCUT2D eigenvalue weighted by molar-refractivity contribution is 9.10. The van der Waals surface area contributed by atoms with Crippen LogP contribution >= 0.6 is 15.9 Å². The fourth-order valence-electron chi connectivity index (χ4n) is 0.954. The van der Waals surface area contributed by atoms with E-state index in [1.54, 1.807) is 0 Å². The molecule has 0 saturated carbocycles. The number of alkyl halides is 2. The van der Waals surface area contributed by atoms with Crippen molar-refractivity contribution in [3.05, 3.63) is 21.9 Å². The van der Waals surface area contributed by atoms with Crippen LogP contribution in [0, 0.1) is 0 Å². The summed E-state index contributed by atoms with van der Waals surface area (Å²) >= 11 is 2.77. The maximum atomic E-state index is 12.4. The van der Waals surface area contributed by atoms with E-state index in [2.05, 4.69) is 20.9 Å². The van der Waals surface area contributed by atoms with E-state index in [0.717, 1.165) is 6.20 Å². The molecule has 1 heterocycles. The predicted molar refractivity (Wildman–Crippen MR) is 48.3 cm³/mol. The van der Waals surface area contributed by atoms with E-state index in [1.165, 1.54) is 0 Å². The minimum Gasteiger partial charge on any atom is -0.478 e. The van der Waals surface area contributed by atoms with Gasteiger partial charge < -0.3 is 10.8 Å². The van der Waals surface area contributed by atoms with Crippen LogP contribution < -0.4 is 5.73 Å². The number of aromatic carboxylic acids is 1. The minimum absolute atomic E-state index is 0.158. The maximum Gasteiger partial charge on any atom is 0.339 e. The molecule has 1 aromatic rings. The number of pyridine rings is 1. The molecule has 0 bridgehead atoms. The van der Waals surface area contributed by atoms with Gasteiger partial charge in [-0.2, -0.15) is 0 Å². The van der Waals surface area contributed by atoms with Crippen molar-refractivity contribution in [1.29, 1.82) is 0 Å². The van der Waals surface area contributed by atoms with Gasteiger partial charge in [-0.3, -0.25) is 0 Å². The normalized spacial score (nSPS) is 10.6. The van der Waals surface area contributed by atoms with Gasteiger partial charge in [0, 0.05) is 0 Å². The lowest BCUT2D eigenvalue weighted by Crippen LogP contribution is -2.09. The molecule has 7 heteroatoms. The van der Waals surface area contributed by atoms with Gasteiger partial charge in [-0.15, -0.1) is 0 Å². The van der Waals surface area contributed by atoms with Gasteiger partial charge in [0.1, 0.15) is 10.2 Å². The molecular formula is C7H5BrF2N2O2. The topological polar surface area (TPSA) is 76.2 Å². The Labute approximate surface area is 85.9 Å². The van der Waals surface area contributed by atoms with E-state index < -0.39 is 23.5 Å². The summed E-state index contributed by atoms with van der Waals surface area (Å²) in [5, 5.41) is 8.66. The molecular weight excluding hydrogens is 262 g/mol. The van der Waals surface area contributed by atoms with Gasteiger partial charge in [0.2, 0.25) is 0 Å². The highest BCUT2D eigenvalue weighted by atomic mass is 79.9. The molecule has 0 unspecified atom stereocenters. The Kier molecular flexibility index (Phi) is 3.00. The number of halogens is 3. The molecule has 1 aromatic heterocycles. The first-order valence-corrected chi connectivity index (χ1v) is 4.19. The second kappa shape index (κ2) is 3.87. The third kappa shape index (κ3) is 1.82. The van der Waals surface area contributed by atoms with Gasteiger partial charge in [-0.25, -0.2) is 18.6 Å². The number of carbonyl (C=O) groups is 1. The third-order valence-corrected chi connectivity index (χ3v) is 2.14. The summed E-state index contributed by atoms with van der Waals surface area (Å²) in [6.45, 7) is 0. The number of rotatable bonds is 2. The summed E-state index contributed by atoms with van der Waals surface area (Å²) in [5.74, 6) is -1.49. The Bertz CT molecular complexity index is 384. The molecule has 76 valence electrons. The molecule has 0 aliphatic rings. The SMILES string of the molecule is Nc1cnc(Br)c(C(=O)O)c1C(F)F. The number of carboxylic acid groups (broad SMARTS) is 1. The first-order valence-electron chi connectivity index (χ1n) is 3.40. The van der Waals surface area contributed by atoms with E-state index in [9.17, 15) is 13.6 Å². The summed E-state index contributed by atoms with van der Waals surface area (Å²) < 4.78 is 24.7. The van der Waals surface area contributed by atoms with Crippen molar-refractivity contribution >= 4 is 27.6 Å². The molecule has 0 aromatic carbocycles. The van der Waals surface area contributed by atoms with Crippen LogP contribution in [0.2, 0.25) is 0 Å². The van der Waals surface area contributed by atoms with Gasteiger partial charge in [-0.05, 0) is 15.9 Å². The molecule has 0 amide bonds. The Morgan fingerprint density at radius 3 is 2.57 bits per heavy atom. The molecule has 0 radical (unpaired) electrons. The Morgan fingerprint density at radius 2 is 2.21 bits per heavy atom. The van der Waals surface area contributed by atoms with Crippen molar-refractivity contribution in [2.75, 3.05) is 5.73 Å². The van der Waals surface area contributed by atoms with Gasteiger partial charge in [0.05, 0.1) is 17.4 Å². The largest absolute Gasteiger partial charge is 0.478 e. The molecule has 3 N–H and O–H groups in total. The van der Waals surface area contributed by atoms with Crippen molar-refractivity contribution in [1.82, 2.24) is 4.98 Å². The number of aromatic nitrogens is 1. The summed E-state index contributed by atoms with van der Waals surface area (Å²) in [4.78, 5) is 14.2. The molecule has 0 atom stereocenters. The first kappa shape index (κ1) is 10.8. The lowest BCUT2D eigenvalue weighted by atomic mass is 10.1. The number of nitrogen functional groups attached to an aromatic ring is 1. The van der Waals surface area contributed by atoms with Crippen LogP contribution in [-0.2, 0) is 0 Å². The van der Waals surface area contributed by atoms with Crippen LogP contribution in [0.3, 0.4) is 0 Å². The van der Waals surface area contributed by atoms with E-state index in [0.29, 0.717) is 0 Å². The summed E-state index contributed by atoms with van der Waals surface area (Å²) in [7, 11) is 0. The molecule has 0 aliphatic carbocycles. The number of carboxylic acids is 1. The molecule has 0 saturated heterocycles. The minimum atomic E-state index is -2.94. The second-order valence-corrected chi connectivity index (χ2v) is 3.15. The first-order chi connectivity index (χ1) is 6.45. The van der Waals surface area contributed by atoms with E-state index in [4.69, 9.17) is 10.8 Å². The van der Waals surface area contributed by atoms with Crippen molar-refractivity contribution in [2.24, 2.45) is 0 Å². The van der Waals surface area contributed by atoms with Crippen molar-refractivity contribution in [3.63, 3.8) is 0 Å². The molecule has 0 spiro atoms. The van der Waals surface area contributed by atoms with Crippen molar-refractivity contribution in [2.45, 2.75) is 6.43 Å².